The lowest BCUT2D eigenvalue weighted by atomic mass is 10.2. The molecule has 0 spiro atoms. The number of methoxy groups -OCH3 is 2. The number of benzene rings is 1. The molecule has 7 nitrogen and oxygen atoms in total. The molecule has 1 aromatic heterocycles. The molecule has 102 valence electrons. The number of quaternary nitrogens is 1. The molecule has 0 saturated carbocycles. The summed E-state index contributed by atoms with van der Waals surface area (Å²) in [4.78, 5) is 15.2. The van der Waals surface area contributed by atoms with E-state index in [0.29, 0.717) is 34.9 Å². The molecule has 7 heteroatoms. The van der Waals surface area contributed by atoms with Gasteiger partial charge >= 0.3 is 0 Å². The Balaban J connectivity index is 2.67. The Morgan fingerprint density at radius 1 is 1.37 bits per heavy atom. The number of hydrogen-bond donors (Lipinski definition) is 1. The van der Waals surface area contributed by atoms with E-state index in [0.717, 1.165) is 0 Å². The summed E-state index contributed by atoms with van der Waals surface area (Å²) in [6, 6.07) is 3.41. The second-order valence-corrected chi connectivity index (χ2v) is 3.93. The quantitative estimate of drug-likeness (QED) is 0.712. The lowest BCUT2D eigenvalue weighted by Crippen LogP contribution is -2.48. The lowest BCUT2D eigenvalue weighted by Gasteiger charge is -2.10. The molecule has 2 aromatic rings. The molecule has 1 aromatic carbocycles. The minimum Gasteiger partial charge on any atom is -0.548 e. The van der Waals surface area contributed by atoms with Gasteiger partial charge in [-0.25, -0.2) is 4.98 Å². The van der Waals surface area contributed by atoms with E-state index in [2.05, 4.69) is 10.7 Å². The summed E-state index contributed by atoms with van der Waals surface area (Å²) in [6.45, 7) is 0.115. The van der Waals surface area contributed by atoms with E-state index >= 15 is 0 Å². The van der Waals surface area contributed by atoms with E-state index in [1.54, 1.807) is 16.7 Å². The average Bonchev–Trinajstić information content (AvgIpc) is 2.73. The van der Waals surface area contributed by atoms with Crippen LogP contribution in [0.25, 0.3) is 11.0 Å². The summed E-state index contributed by atoms with van der Waals surface area (Å²) in [5.41, 5.74) is 5.03. The predicted octanol–water partition coefficient (Wildman–Crippen LogP) is -1.45. The Bertz CT molecular complexity index is 621. The van der Waals surface area contributed by atoms with Crippen molar-refractivity contribution in [1.82, 2.24) is 9.55 Å². The fourth-order valence-electron chi connectivity index (χ4n) is 2.00. The molecule has 0 amide bonds. The van der Waals surface area contributed by atoms with E-state index in [9.17, 15) is 9.90 Å². The van der Waals surface area contributed by atoms with Gasteiger partial charge in [-0.15, -0.1) is 0 Å². The van der Waals surface area contributed by atoms with Crippen LogP contribution >= 0.6 is 0 Å². The minimum absolute atomic E-state index is 0.267. The molecule has 0 atom stereocenters. The first-order valence-electron chi connectivity index (χ1n) is 5.71. The predicted molar refractivity (Wildman–Crippen MR) is 64.4 cm³/mol. The number of aromatic nitrogens is 2. The summed E-state index contributed by atoms with van der Waals surface area (Å²) in [6.07, 6.45) is 0. The van der Waals surface area contributed by atoms with Crippen LogP contribution in [0.4, 0.5) is 0 Å². The SMILES string of the molecule is COc1cc2nc(C[NH3+])n(CC(=O)[O-])c2cc1OC. The van der Waals surface area contributed by atoms with Gasteiger partial charge in [0.15, 0.2) is 17.3 Å². The minimum atomic E-state index is -1.18. The smallest absolute Gasteiger partial charge is 0.165 e. The highest BCUT2D eigenvalue weighted by Gasteiger charge is 2.15. The molecule has 2 rings (SSSR count). The third-order valence-electron chi connectivity index (χ3n) is 2.84. The number of fused-ring (bicyclic) bond motifs is 1. The molecule has 0 radical (unpaired) electrons. The molecular formula is C12H15N3O4. The molecule has 0 aliphatic rings. The van der Waals surface area contributed by atoms with E-state index in [1.807, 2.05) is 0 Å². The van der Waals surface area contributed by atoms with Crippen molar-refractivity contribution >= 4 is 17.0 Å². The Morgan fingerprint density at radius 3 is 2.53 bits per heavy atom. The normalized spacial score (nSPS) is 10.7. The fraction of sp³-hybridized carbons (Fsp3) is 0.333. The van der Waals surface area contributed by atoms with Crippen molar-refractivity contribution in [2.24, 2.45) is 0 Å². The molecule has 0 aliphatic carbocycles. The Labute approximate surface area is 109 Å². The second kappa shape index (κ2) is 5.15. The van der Waals surface area contributed by atoms with Crippen molar-refractivity contribution in [2.45, 2.75) is 13.1 Å². The van der Waals surface area contributed by atoms with Gasteiger partial charge in [0.25, 0.3) is 0 Å². The zero-order chi connectivity index (χ0) is 14.0. The Hall–Kier alpha value is -2.28. The average molecular weight is 265 g/mol. The second-order valence-electron chi connectivity index (χ2n) is 3.93. The van der Waals surface area contributed by atoms with Crippen LogP contribution in [0, 0.1) is 0 Å². The Kier molecular flexibility index (Phi) is 3.57. The summed E-state index contributed by atoms with van der Waals surface area (Å²) >= 11 is 0. The fourth-order valence-corrected chi connectivity index (χ4v) is 2.00. The van der Waals surface area contributed by atoms with Crippen LogP contribution in [-0.4, -0.2) is 29.7 Å². The summed E-state index contributed by atoms with van der Waals surface area (Å²) in [5, 5.41) is 10.8. The third-order valence-corrected chi connectivity index (χ3v) is 2.84. The molecule has 0 saturated heterocycles. The van der Waals surface area contributed by atoms with Crippen LogP contribution in [0.1, 0.15) is 5.82 Å². The molecule has 3 N–H and O–H groups in total. The van der Waals surface area contributed by atoms with Gasteiger partial charge in [-0.1, -0.05) is 0 Å². The number of carboxylic acid groups (broad SMARTS) is 1. The first-order chi connectivity index (χ1) is 9.10. The van der Waals surface area contributed by atoms with Crippen LogP contribution in [-0.2, 0) is 17.9 Å². The van der Waals surface area contributed by atoms with E-state index in [4.69, 9.17) is 9.47 Å². The van der Waals surface area contributed by atoms with Gasteiger partial charge in [-0.05, 0) is 0 Å². The van der Waals surface area contributed by atoms with Crippen LogP contribution in [0.5, 0.6) is 11.5 Å². The first-order valence-corrected chi connectivity index (χ1v) is 5.71. The number of carbonyl (C=O) groups excluding carboxylic acids is 1. The number of carboxylic acids is 1. The van der Waals surface area contributed by atoms with Gasteiger partial charge in [-0.2, -0.15) is 0 Å². The van der Waals surface area contributed by atoms with Crippen molar-refractivity contribution in [3.8, 4) is 11.5 Å². The van der Waals surface area contributed by atoms with Crippen molar-refractivity contribution in [2.75, 3.05) is 14.2 Å². The van der Waals surface area contributed by atoms with E-state index in [1.165, 1.54) is 14.2 Å². The van der Waals surface area contributed by atoms with Crippen molar-refractivity contribution in [3.63, 3.8) is 0 Å². The number of nitrogens with zero attached hydrogens (tertiary/aromatic N) is 2. The zero-order valence-electron chi connectivity index (χ0n) is 10.8. The highest BCUT2D eigenvalue weighted by Crippen LogP contribution is 2.32. The van der Waals surface area contributed by atoms with E-state index < -0.39 is 5.97 Å². The molecule has 0 unspecified atom stereocenters. The highest BCUT2D eigenvalue weighted by molar-refractivity contribution is 5.82. The topological polar surface area (TPSA) is 104 Å². The number of aliphatic carboxylic acids is 1. The molecule has 0 aliphatic heterocycles. The van der Waals surface area contributed by atoms with Crippen LogP contribution in [0.3, 0.4) is 0 Å². The molecule has 0 fully saturated rings. The van der Waals surface area contributed by atoms with Crippen molar-refractivity contribution in [1.29, 1.82) is 0 Å². The van der Waals surface area contributed by atoms with Gasteiger partial charge in [0.1, 0.15) is 6.54 Å². The molecular weight excluding hydrogens is 250 g/mol. The van der Waals surface area contributed by atoms with E-state index in [-0.39, 0.29) is 6.54 Å². The maximum atomic E-state index is 10.8. The Morgan fingerprint density at radius 2 is 2.00 bits per heavy atom. The van der Waals surface area contributed by atoms with Gasteiger partial charge in [0.2, 0.25) is 0 Å². The maximum Gasteiger partial charge on any atom is 0.165 e. The van der Waals surface area contributed by atoms with Gasteiger partial charge in [-0.3, -0.25) is 0 Å². The van der Waals surface area contributed by atoms with Crippen molar-refractivity contribution in [3.05, 3.63) is 18.0 Å². The molecule has 0 bridgehead atoms. The summed E-state index contributed by atoms with van der Waals surface area (Å²) in [7, 11) is 3.05. The largest absolute Gasteiger partial charge is 0.548 e. The molecule has 1 heterocycles. The summed E-state index contributed by atoms with van der Waals surface area (Å²) in [5.74, 6) is 0.465. The maximum absolute atomic E-state index is 10.8. The number of hydrogen-bond acceptors (Lipinski definition) is 5. The van der Waals surface area contributed by atoms with Gasteiger partial charge in [0.05, 0.1) is 37.8 Å². The number of carbonyl (C=O) groups is 1. The number of ether oxygens (including phenoxy) is 2. The van der Waals surface area contributed by atoms with Gasteiger partial charge < -0.3 is 29.7 Å². The summed E-state index contributed by atoms with van der Waals surface area (Å²) < 4.78 is 11.9. The lowest BCUT2D eigenvalue weighted by molar-refractivity contribution is -0.388. The number of imidazole rings is 1. The first kappa shape index (κ1) is 13.2. The van der Waals surface area contributed by atoms with Gasteiger partial charge in [0, 0.05) is 12.1 Å². The standard InChI is InChI=1S/C12H15N3O4/c1-18-9-3-7-8(4-10(9)19-2)15(6-12(16)17)11(5-13)14-7/h3-4H,5-6,13H2,1-2H3,(H,16,17). The molecule has 19 heavy (non-hydrogen) atoms. The van der Waals surface area contributed by atoms with Crippen molar-refractivity contribution < 1.29 is 25.1 Å². The zero-order valence-corrected chi connectivity index (χ0v) is 10.8. The highest BCUT2D eigenvalue weighted by atomic mass is 16.5. The third kappa shape index (κ3) is 2.32. The monoisotopic (exact) mass is 265 g/mol. The number of rotatable bonds is 5. The van der Waals surface area contributed by atoms with Crippen LogP contribution in [0.15, 0.2) is 12.1 Å². The van der Waals surface area contributed by atoms with Crippen LogP contribution < -0.4 is 20.3 Å². The van der Waals surface area contributed by atoms with Crippen LogP contribution in [0.2, 0.25) is 0 Å².